The molecule has 0 aromatic carbocycles. The summed E-state index contributed by atoms with van der Waals surface area (Å²) >= 11 is 0. The Labute approximate surface area is 126 Å². The Morgan fingerprint density at radius 2 is 2.00 bits per heavy atom. The number of hydrogen-bond acceptors (Lipinski definition) is 6. The van der Waals surface area contributed by atoms with Gasteiger partial charge in [0, 0.05) is 26.7 Å². The normalized spacial score (nSPS) is 21.6. The van der Waals surface area contributed by atoms with Crippen molar-refractivity contribution in [2.45, 2.75) is 12.5 Å². The molecule has 0 aliphatic carbocycles. The van der Waals surface area contributed by atoms with E-state index in [0.29, 0.717) is 6.42 Å². The highest BCUT2D eigenvalue weighted by Gasteiger charge is 2.33. The van der Waals surface area contributed by atoms with Gasteiger partial charge in [-0.05, 0) is 6.42 Å². The van der Waals surface area contributed by atoms with E-state index in [4.69, 9.17) is 4.74 Å². The molecule has 8 nitrogen and oxygen atoms in total. The molecule has 1 amide bonds. The maximum atomic E-state index is 12.1. The van der Waals surface area contributed by atoms with Crippen molar-refractivity contribution in [3.8, 4) is 0 Å². The summed E-state index contributed by atoms with van der Waals surface area (Å²) in [6.45, 7) is -0.0466. The van der Waals surface area contributed by atoms with Gasteiger partial charge in [-0.15, -0.1) is 0 Å². The number of sulfone groups is 1. The molecule has 1 aliphatic heterocycles. The van der Waals surface area contributed by atoms with E-state index >= 15 is 0 Å². The quantitative estimate of drug-likeness (QED) is 0.560. The molecule has 0 bridgehead atoms. The summed E-state index contributed by atoms with van der Waals surface area (Å²) in [4.78, 5) is 13.5. The summed E-state index contributed by atoms with van der Waals surface area (Å²) in [5, 5.41) is 0. The average Bonchev–Trinajstić information content (AvgIpc) is 2.72. The Balaban J connectivity index is 2.69. The van der Waals surface area contributed by atoms with E-state index < -0.39 is 25.8 Å². The van der Waals surface area contributed by atoms with E-state index in [-0.39, 0.29) is 37.2 Å². The van der Waals surface area contributed by atoms with Crippen molar-refractivity contribution in [3.05, 3.63) is 0 Å². The molecule has 1 heterocycles. The first-order valence-corrected chi connectivity index (χ1v) is 10.1. The van der Waals surface area contributed by atoms with Crippen LogP contribution < -0.4 is 0 Å². The first-order chi connectivity index (χ1) is 9.57. The molecule has 21 heavy (non-hydrogen) atoms. The third kappa shape index (κ3) is 5.53. The van der Waals surface area contributed by atoms with E-state index in [0.717, 1.165) is 10.6 Å². The molecule has 1 unspecified atom stereocenters. The lowest BCUT2D eigenvalue weighted by Crippen LogP contribution is -2.46. The fourth-order valence-electron chi connectivity index (χ4n) is 2.10. The minimum atomic E-state index is -3.52. The molecule has 1 atom stereocenters. The van der Waals surface area contributed by atoms with Crippen molar-refractivity contribution in [2.75, 3.05) is 51.6 Å². The Morgan fingerprint density at radius 1 is 1.38 bits per heavy atom. The van der Waals surface area contributed by atoms with Crippen LogP contribution in [0.15, 0.2) is 0 Å². The topological polar surface area (TPSA) is 101 Å². The zero-order valence-electron chi connectivity index (χ0n) is 12.5. The zero-order valence-corrected chi connectivity index (χ0v) is 14.1. The van der Waals surface area contributed by atoms with Gasteiger partial charge >= 0.3 is 0 Å². The molecule has 1 aliphatic rings. The molecule has 10 heteroatoms. The maximum Gasteiger partial charge on any atom is 0.237 e. The number of hydrogen-bond donors (Lipinski definition) is 0. The predicted molar refractivity (Wildman–Crippen MR) is 78.1 cm³/mol. The number of sulfonamides is 1. The number of ether oxygens (including phenoxy) is 1. The maximum absolute atomic E-state index is 12.1. The summed E-state index contributed by atoms with van der Waals surface area (Å²) in [5.41, 5.74) is 0. The molecular weight excluding hydrogens is 320 g/mol. The van der Waals surface area contributed by atoms with Gasteiger partial charge in [0.15, 0.2) is 9.84 Å². The largest absolute Gasteiger partial charge is 0.383 e. The summed E-state index contributed by atoms with van der Waals surface area (Å²) in [6.07, 6.45) is 1.41. The average molecular weight is 342 g/mol. The first kappa shape index (κ1) is 18.3. The molecule has 0 spiro atoms. The van der Waals surface area contributed by atoms with Gasteiger partial charge in [0.1, 0.15) is 0 Å². The van der Waals surface area contributed by atoms with Crippen molar-refractivity contribution < 1.29 is 26.4 Å². The summed E-state index contributed by atoms with van der Waals surface area (Å²) in [7, 11) is -3.67. The van der Waals surface area contributed by atoms with Crippen LogP contribution in [-0.4, -0.2) is 89.6 Å². The van der Waals surface area contributed by atoms with E-state index in [1.54, 1.807) is 0 Å². The van der Waals surface area contributed by atoms with Gasteiger partial charge in [-0.1, -0.05) is 0 Å². The van der Waals surface area contributed by atoms with Crippen LogP contribution in [0.3, 0.4) is 0 Å². The molecule has 0 radical (unpaired) electrons. The molecule has 1 saturated heterocycles. The second-order valence-electron chi connectivity index (χ2n) is 5.15. The predicted octanol–water partition coefficient (Wildman–Crippen LogP) is -1.46. The van der Waals surface area contributed by atoms with E-state index in [1.807, 2.05) is 0 Å². The Morgan fingerprint density at radius 3 is 2.43 bits per heavy atom. The summed E-state index contributed by atoms with van der Waals surface area (Å²) < 4.78 is 52.0. The Bertz CT molecular complexity index is 572. The number of nitrogens with zero attached hydrogens (tertiary/aromatic N) is 2. The summed E-state index contributed by atoms with van der Waals surface area (Å²) in [5.74, 6) is -0.417. The number of carbonyl (C=O) groups is 1. The molecule has 1 rings (SSSR count). The first-order valence-electron chi connectivity index (χ1n) is 6.47. The molecule has 0 aromatic rings. The molecular formula is C11H22N2O6S2. The number of methoxy groups -OCH3 is 1. The van der Waals surface area contributed by atoms with Gasteiger partial charge in [0.2, 0.25) is 15.9 Å². The van der Waals surface area contributed by atoms with Gasteiger partial charge in [-0.25, -0.2) is 16.8 Å². The highest BCUT2D eigenvalue weighted by molar-refractivity contribution is 7.91. The zero-order chi connectivity index (χ0) is 16.3. The van der Waals surface area contributed by atoms with Gasteiger partial charge < -0.3 is 9.64 Å². The van der Waals surface area contributed by atoms with Crippen LogP contribution in [0.5, 0.6) is 0 Å². The smallest absolute Gasteiger partial charge is 0.237 e. The summed E-state index contributed by atoms with van der Waals surface area (Å²) in [6, 6.07) is -0.383. The van der Waals surface area contributed by atoms with Crippen molar-refractivity contribution in [3.63, 3.8) is 0 Å². The molecule has 124 valence electrons. The van der Waals surface area contributed by atoms with E-state index in [1.165, 1.54) is 19.1 Å². The van der Waals surface area contributed by atoms with Crippen LogP contribution in [0.25, 0.3) is 0 Å². The Kier molecular flexibility index (Phi) is 6.14. The van der Waals surface area contributed by atoms with Crippen LogP contribution in [0.1, 0.15) is 6.42 Å². The lowest BCUT2D eigenvalue weighted by molar-refractivity contribution is -0.131. The third-order valence-electron chi connectivity index (χ3n) is 3.47. The fraction of sp³-hybridized carbons (Fsp3) is 0.909. The second kappa shape index (κ2) is 7.03. The van der Waals surface area contributed by atoms with E-state index in [9.17, 15) is 21.6 Å². The SMILES string of the molecule is COCCN(CC(=O)N(C)C1CCS(=O)(=O)C1)S(C)(=O)=O. The van der Waals surface area contributed by atoms with Gasteiger partial charge in [0.25, 0.3) is 0 Å². The number of amides is 1. The van der Waals surface area contributed by atoms with Gasteiger partial charge in [-0.2, -0.15) is 4.31 Å². The van der Waals surface area contributed by atoms with Gasteiger partial charge in [0.05, 0.1) is 30.9 Å². The van der Waals surface area contributed by atoms with Crippen molar-refractivity contribution in [2.24, 2.45) is 0 Å². The number of carbonyl (C=O) groups excluding carboxylic acids is 1. The molecule has 0 aromatic heterocycles. The van der Waals surface area contributed by atoms with E-state index in [2.05, 4.69) is 0 Å². The second-order valence-corrected chi connectivity index (χ2v) is 9.36. The van der Waals surface area contributed by atoms with Crippen LogP contribution in [-0.2, 0) is 29.4 Å². The number of likely N-dealkylation sites (N-methyl/N-ethyl adjacent to an activating group) is 1. The van der Waals surface area contributed by atoms with Crippen molar-refractivity contribution >= 4 is 25.8 Å². The highest BCUT2D eigenvalue weighted by atomic mass is 32.2. The van der Waals surface area contributed by atoms with Crippen LogP contribution >= 0.6 is 0 Å². The molecule has 0 N–H and O–H groups in total. The standard InChI is InChI=1S/C11H22N2O6S2/c1-12(10-4-7-21(17,18)9-10)11(14)8-13(5-6-19-2)20(3,15)16/h10H,4-9H2,1-3H3. The van der Waals surface area contributed by atoms with Gasteiger partial charge in [-0.3, -0.25) is 4.79 Å². The number of rotatable bonds is 7. The monoisotopic (exact) mass is 342 g/mol. The fourth-order valence-corrected chi connectivity index (χ4v) is 4.63. The third-order valence-corrected chi connectivity index (χ3v) is 6.48. The van der Waals surface area contributed by atoms with Crippen molar-refractivity contribution in [1.82, 2.24) is 9.21 Å². The molecule has 1 fully saturated rings. The minimum absolute atomic E-state index is 0.0633. The lowest BCUT2D eigenvalue weighted by Gasteiger charge is -2.26. The Hall–Kier alpha value is -0.710. The highest BCUT2D eigenvalue weighted by Crippen LogP contribution is 2.17. The van der Waals surface area contributed by atoms with Crippen LogP contribution in [0, 0.1) is 0 Å². The van der Waals surface area contributed by atoms with Crippen LogP contribution in [0.2, 0.25) is 0 Å². The van der Waals surface area contributed by atoms with Crippen LogP contribution in [0.4, 0.5) is 0 Å². The molecule has 0 saturated carbocycles. The minimum Gasteiger partial charge on any atom is -0.383 e. The van der Waals surface area contributed by atoms with Crippen molar-refractivity contribution in [1.29, 1.82) is 0 Å². The lowest BCUT2D eigenvalue weighted by atomic mass is 10.2.